The maximum Gasteiger partial charge on any atom is 0.162 e. The lowest BCUT2D eigenvalue weighted by Gasteiger charge is -2.40. The topological polar surface area (TPSA) is 49.3 Å². The molecule has 1 atom stereocenters. The Balaban J connectivity index is 1.84. The van der Waals surface area contributed by atoms with Crippen molar-refractivity contribution < 1.29 is 9.90 Å². The first-order chi connectivity index (χ1) is 14.2. The predicted molar refractivity (Wildman–Crippen MR) is 122 cm³/mol. The largest absolute Gasteiger partial charge is 0.506 e. The number of Topliss-reactive ketones (excluding diaryl/α,β-unsaturated/α-hetero) is 1. The lowest BCUT2D eigenvalue weighted by molar-refractivity contribution is -0.118. The van der Waals surface area contributed by atoms with Crippen LogP contribution in [0.3, 0.4) is 0 Å². The molecule has 0 fully saturated rings. The van der Waals surface area contributed by atoms with Gasteiger partial charge in [0.15, 0.2) is 5.78 Å². The molecule has 5 rings (SSSR count). The molecular weight excluding hydrogens is 394 g/mol. The van der Waals surface area contributed by atoms with Gasteiger partial charge in [0.25, 0.3) is 0 Å². The van der Waals surface area contributed by atoms with Gasteiger partial charge >= 0.3 is 0 Å². The highest BCUT2D eigenvalue weighted by Gasteiger charge is 2.41. The van der Waals surface area contributed by atoms with E-state index < -0.39 is 0 Å². The van der Waals surface area contributed by atoms with Gasteiger partial charge < -0.3 is 10.4 Å². The van der Waals surface area contributed by atoms with E-state index in [0.29, 0.717) is 17.0 Å². The highest BCUT2D eigenvalue weighted by Crippen LogP contribution is 2.51. The number of phenolic OH excluding ortho intramolecular Hbond substituents is 1. The van der Waals surface area contributed by atoms with E-state index in [0.717, 1.165) is 45.3 Å². The molecule has 3 nitrogen and oxygen atoms in total. The van der Waals surface area contributed by atoms with E-state index in [2.05, 4.69) is 43.4 Å². The van der Waals surface area contributed by atoms with E-state index in [1.54, 1.807) is 0 Å². The monoisotopic (exact) mass is 417 g/mol. The van der Waals surface area contributed by atoms with Crippen LogP contribution in [0.5, 0.6) is 5.75 Å². The molecule has 3 aromatic carbocycles. The van der Waals surface area contributed by atoms with Crippen LogP contribution in [0.2, 0.25) is 5.02 Å². The summed E-state index contributed by atoms with van der Waals surface area (Å²) in [5, 5.41) is 16.4. The number of aromatic hydroxyl groups is 1. The maximum atomic E-state index is 13.4. The Morgan fingerprint density at radius 3 is 2.63 bits per heavy atom. The smallest absolute Gasteiger partial charge is 0.162 e. The summed E-state index contributed by atoms with van der Waals surface area (Å²) in [6, 6.07) is 16.3. The van der Waals surface area contributed by atoms with Crippen molar-refractivity contribution in [2.45, 2.75) is 39.5 Å². The normalized spacial score (nSPS) is 20.0. The van der Waals surface area contributed by atoms with Gasteiger partial charge in [0.1, 0.15) is 5.75 Å². The Labute approximate surface area is 181 Å². The summed E-state index contributed by atoms with van der Waals surface area (Å²) in [4.78, 5) is 13.4. The number of hydrogen-bond acceptors (Lipinski definition) is 3. The molecular formula is C26H24ClNO2. The summed E-state index contributed by atoms with van der Waals surface area (Å²) in [6.45, 7) is 6.13. The number of halogens is 1. The zero-order valence-corrected chi connectivity index (χ0v) is 18.1. The van der Waals surface area contributed by atoms with Gasteiger partial charge in [-0.1, -0.05) is 61.8 Å². The minimum atomic E-state index is -0.220. The molecule has 0 radical (unpaired) electrons. The molecule has 1 heterocycles. The summed E-state index contributed by atoms with van der Waals surface area (Å²) in [5.74, 6) is 0.0553. The van der Waals surface area contributed by atoms with E-state index in [-0.39, 0.29) is 22.9 Å². The van der Waals surface area contributed by atoms with Crippen LogP contribution in [-0.4, -0.2) is 10.9 Å². The first-order valence-electron chi connectivity index (χ1n) is 10.3. The Morgan fingerprint density at radius 2 is 1.87 bits per heavy atom. The van der Waals surface area contributed by atoms with Crippen LogP contribution in [0.4, 0.5) is 5.69 Å². The Hall–Kier alpha value is -2.78. The van der Waals surface area contributed by atoms with Gasteiger partial charge in [-0.25, -0.2) is 0 Å². The second-order valence-corrected chi connectivity index (χ2v) is 9.71. The molecule has 30 heavy (non-hydrogen) atoms. The van der Waals surface area contributed by atoms with Crippen LogP contribution in [0, 0.1) is 12.3 Å². The number of aryl methyl sites for hydroxylation is 1. The average molecular weight is 418 g/mol. The van der Waals surface area contributed by atoms with Gasteiger partial charge in [-0.15, -0.1) is 0 Å². The Bertz CT molecular complexity index is 1230. The molecule has 2 aliphatic rings. The van der Waals surface area contributed by atoms with E-state index >= 15 is 0 Å². The first kappa shape index (κ1) is 19.2. The molecule has 0 saturated carbocycles. The first-order valence-corrected chi connectivity index (χ1v) is 10.7. The lowest BCUT2D eigenvalue weighted by Crippen LogP contribution is -2.33. The summed E-state index contributed by atoms with van der Waals surface area (Å²) in [5.41, 5.74) is 5.54. The molecule has 0 bridgehead atoms. The SMILES string of the molecule is Cc1cc(C2C3=C(CC(C)(C)CC3=O)Nc3ccc4ccccc4c32)cc(Cl)c1O. The number of rotatable bonds is 1. The number of fused-ring (bicyclic) bond motifs is 3. The molecule has 2 N–H and O–H groups in total. The maximum absolute atomic E-state index is 13.4. The average Bonchev–Trinajstić information content (AvgIpc) is 2.69. The number of phenols is 1. The number of hydrogen-bond donors (Lipinski definition) is 2. The number of anilines is 1. The standard InChI is InChI=1S/C26H24ClNO2/c1-14-10-16(11-18(27)25(14)30)22-23-17-7-5-4-6-15(17)8-9-19(23)28-20-12-26(2,3)13-21(29)24(20)22/h4-11,22,28,30H,12-13H2,1-3H3. The third-order valence-corrected chi connectivity index (χ3v) is 6.65. The Kier molecular flexibility index (Phi) is 4.23. The highest BCUT2D eigenvalue weighted by molar-refractivity contribution is 6.32. The van der Waals surface area contributed by atoms with E-state index in [1.807, 2.05) is 31.2 Å². The van der Waals surface area contributed by atoms with Gasteiger partial charge in [0.05, 0.1) is 5.02 Å². The van der Waals surface area contributed by atoms with Crippen molar-refractivity contribution in [3.63, 3.8) is 0 Å². The summed E-state index contributed by atoms with van der Waals surface area (Å²) < 4.78 is 0. The van der Waals surface area contributed by atoms with Gasteiger partial charge in [-0.2, -0.15) is 0 Å². The molecule has 1 unspecified atom stereocenters. The number of benzene rings is 3. The number of carbonyl (C=O) groups excluding carboxylic acids is 1. The van der Waals surface area contributed by atoms with Crippen molar-refractivity contribution in [1.29, 1.82) is 0 Å². The fraction of sp³-hybridized carbons (Fsp3) is 0.269. The fourth-order valence-corrected chi connectivity index (χ4v) is 5.34. The predicted octanol–water partition coefficient (Wildman–Crippen LogP) is 6.71. The van der Waals surface area contributed by atoms with Gasteiger partial charge in [0.2, 0.25) is 0 Å². The van der Waals surface area contributed by atoms with Gasteiger partial charge in [0, 0.05) is 29.3 Å². The molecule has 4 heteroatoms. The summed E-state index contributed by atoms with van der Waals surface area (Å²) >= 11 is 6.37. The summed E-state index contributed by atoms with van der Waals surface area (Å²) in [6.07, 6.45) is 1.34. The van der Waals surface area contributed by atoms with Crippen LogP contribution in [0.15, 0.2) is 59.8 Å². The molecule has 0 saturated heterocycles. The van der Waals surface area contributed by atoms with E-state index in [9.17, 15) is 9.90 Å². The second-order valence-electron chi connectivity index (χ2n) is 9.31. The molecule has 3 aromatic rings. The van der Waals surface area contributed by atoms with Crippen LogP contribution in [-0.2, 0) is 4.79 Å². The number of allylic oxidation sites excluding steroid dienone is 2. The van der Waals surface area contributed by atoms with Crippen molar-refractivity contribution in [1.82, 2.24) is 0 Å². The minimum Gasteiger partial charge on any atom is -0.506 e. The van der Waals surface area contributed by atoms with E-state index in [4.69, 9.17) is 11.6 Å². The lowest BCUT2D eigenvalue weighted by atomic mass is 9.68. The van der Waals surface area contributed by atoms with Crippen molar-refractivity contribution in [3.05, 3.63) is 81.5 Å². The molecule has 1 aliphatic carbocycles. The number of carbonyl (C=O) groups is 1. The highest BCUT2D eigenvalue weighted by atomic mass is 35.5. The third-order valence-electron chi connectivity index (χ3n) is 6.36. The van der Waals surface area contributed by atoms with Crippen LogP contribution >= 0.6 is 11.6 Å². The van der Waals surface area contributed by atoms with Crippen LogP contribution < -0.4 is 5.32 Å². The quantitative estimate of drug-likeness (QED) is 0.462. The molecule has 0 spiro atoms. The van der Waals surface area contributed by atoms with Crippen molar-refractivity contribution in [2.75, 3.05) is 5.32 Å². The zero-order chi connectivity index (χ0) is 21.2. The van der Waals surface area contributed by atoms with Crippen LogP contribution in [0.1, 0.15) is 49.3 Å². The molecule has 0 aromatic heterocycles. The summed E-state index contributed by atoms with van der Waals surface area (Å²) in [7, 11) is 0. The molecule has 152 valence electrons. The number of nitrogens with one attached hydrogen (secondary N) is 1. The van der Waals surface area contributed by atoms with Crippen LogP contribution in [0.25, 0.3) is 10.8 Å². The third kappa shape index (κ3) is 2.92. The van der Waals surface area contributed by atoms with Gasteiger partial charge in [-0.3, -0.25) is 4.79 Å². The van der Waals surface area contributed by atoms with E-state index in [1.165, 1.54) is 0 Å². The van der Waals surface area contributed by atoms with Crippen molar-refractivity contribution in [2.24, 2.45) is 5.41 Å². The number of ketones is 1. The molecule has 1 aliphatic heterocycles. The minimum absolute atomic E-state index is 0.0790. The fourth-order valence-electron chi connectivity index (χ4n) is 5.07. The second kappa shape index (κ2) is 6.61. The van der Waals surface area contributed by atoms with Crippen molar-refractivity contribution in [3.8, 4) is 5.75 Å². The molecule has 0 amide bonds. The zero-order valence-electron chi connectivity index (χ0n) is 17.3. The van der Waals surface area contributed by atoms with Gasteiger partial charge in [-0.05, 0) is 58.4 Å². The van der Waals surface area contributed by atoms with Crippen molar-refractivity contribution >= 4 is 33.8 Å². The Morgan fingerprint density at radius 1 is 1.10 bits per heavy atom.